The van der Waals surface area contributed by atoms with Crippen molar-refractivity contribution < 1.29 is 14.1 Å². The highest BCUT2D eigenvalue weighted by Gasteiger charge is 2.36. The summed E-state index contributed by atoms with van der Waals surface area (Å²) in [4.78, 5) is 19.7. The lowest BCUT2D eigenvalue weighted by molar-refractivity contribution is 0.244. The number of carbonyl (C=O) groups excluding carboxylic acids is 1. The maximum absolute atomic E-state index is 13.4. The molecular formula is C27H23ClN4O3. The SMILES string of the molecule is COc1cccc(C2NC(=O)N(c3cccc(C)c3)C(C)=C2c2nc(-c3ccc(Cl)cc3)no2)c1. The number of methoxy groups -OCH3 is 1. The zero-order chi connectivity index (χ0) is 24.5. The van der Waals surface area contributed by atoms with E-state index in [2.05, 4.69) is 15.5 Å². The van der Waals surface area contributed by atoms with Crippen molar-refractivity contribution >= 4 is 28.9 Å². The Morgan fingerprint density at radius 2 is 1.80 bits per heavy atom. The smallest absolute Gasteiger partial charge is 0.326 e. The fourth-order valence-electron chi connectivity index (χ4n) is 4.22. The quantitative estimate of drug-likeness (QED) is 0.352. The average molecular weight is 487 g/mol. The molecular weight excluding hydrogens is 464 g/mol. The number of nitrogens with one attached hydrogen (secondary N) is 1. The van der Waals surface area contributed by atoms with Crippen LogP contribution >= 0.6 is 11.6 Å². The Kier molecular flexibility index (Phi) is 6.01. The fourth-order valence-corrected chi connectivity index (χ4v) is 4.34. The lowest BCUT2D eigenvalue weighted by atomic mass is 9.94. The third-order valence-electron chi connectivity index (χ3n) is 5.93. The number of allylic oxidation sites excluding steroid dienone is 1. The summed E-state index contributed by atoms with van der Waals surface area (Å²) in [5, 5.41) is 7.94. The predicted molar refractivity (Wildman–Crippen MR) is 135 cm³/mol. The number of aryl methyl sites for hydroxylation is 1. The van der Waals surface area contributed by atoms with E-state index in [1.165, 1.54) is 0 Å². The second-order valence-corrected chi connectivity index (χ2v) is 8.70. The Balaban J connectivity index is 1.66. The second kappa shape index (κ2) is 9.27. The molecule has 1 N–H and O–H groups in total. The Labute approximate surface area is 208 Å². The van der Waals surface area contributed by atoms with Gasteiger partial charge in [-0.25, -0.2) is 4.79 Å². The van der Waals surface area contributed by atoms with Crippen molar-refractivity contribution in [2.24, 2.45) is 0 Å². The summed E-state index contributed by atoms with van der Waals surface area (Å²) < 4.78 is 11.2. The normalized spacial score (nSPS) is 15.8. The van der Waals surface area contributed by atoms with Crippen LogP contribution < -0.4 is 15.0 Å². The van der Waals surface area contributed by atoms with E-state index in [0.717, 1.165) is 22.4 Å². The first-order valence-corrected chi connectivity index (χ1v) is 11.4. The number of benzene rings is 3. The first-order valence-electron chi connectivity index (χ1n) is 11.1. The van der Waals surface area contributed by atoms with Gasteiger partial charge >= 0.3 is 6.03 Å². The van der Waals surface area contributed by atoms with E-state index in [1.807, 2.05) is 74.5 Å². The van der Waals surface area contributed by atoms with Crippen LogP contribution in [0.3, 0.4) is 0 Å². The third-order valence-corrected chi connectivity index (χ3v) is 6.18. The van der Waals surface area contributed by atoms with Gasteiger partial charge in [0.05, 0.1) is 24.4 Å². The number of rotatable bonds is 5. The van der Waals surface area contributed by atoms with Crippen LogP contribution in [0.2, 0.25) is 5.02 Å². The maximum Gasteiger partial charge on any atom is 0.326 e. The standard InChI is InChI=1S/C27H23ClN4O3/c1-16-6-4-8-21(14-16)32-17(2)23(24(29-27(32)33)19-7-5-9-22(15-19)34-3)26-30-25(31-35-26)18-10-12-20(28)13-11-18/h4-15,24H,1-3H3,(H,29,33). The van der Waals surface area contributed by atoms with Crippen LogP contribution in [0, 0.1) is 6.92 Å². The largest absolute Gasteiger partial charge is 0.497 e. The van der Waals surface area contributed by atoms with Crippen molar-refractivity contribution in [2.75, 3.05) is 12.0 Å². The molecule has 7 nitrogen and oxygen atoms in total. The molecule has 1 aliphatic heterocycles. The monoisotopic (exact) mass is 486 g/mol. The van der Waals surface area contributed by atoms with E-state index in [1.54, 1.807) is 24.1 Å². The Morgan fingerprint density at radius 3 is 2.54 bits per heavy atom. The number of hydrogen-bond acceptors (Lipinski definition) is 5. The summed E-state index contributed by atoms with van der Waals surface area (Å²) >= 11 is 6.03. The molecule has 1 unspecified atom stereocenters. The zero-order valence-electron chi connectivity index (χ0n) is 19.4. The summed E-state index contributed by atoms with van der Waals surface area (Å²) in [6.45, 7) is 3.87. The number of nitrogens with zero attached hydrogens (tertiary/aromatic N) is 3. The van der Waals surface area contributed by atoms with Gasteiger partial charge < -0.3 is 14.6 Å². The van der Waals surface area contributed by atoms with Crippen LogP contribution in [0.15, 0.2) is 83.0 Å². The average Bonchev–Trinajstić information content (AvgIpc) is 3.34. The van der Waals surface area contributed by atoms with Gasteiger partial charge in [-0.1, -0.05) is 41.0 Å². The minimum absolute atomic E-state index is 0.248. The number of ether oxygens (including phenoxy) is 1. The van der Waals surface area contributed by atoms with E-state index < -0.39 is 6.04 Å². The number of hydrogen-bond donors (Lipinski definition) is 1. The maximum atomic E-state index is 13.4. The summed E-state index contributed by atoms with van der Waals surface area (Å²) in [6.07, 6.45) is 0. The Hall–Kier alpha value is -4.10. The van der Waals surface area contributed by atoms with Gasteiger partial charge in [0, 0.05) is 16.3 Å². The molecule has 0 radical (unpaired) electrons. The third kappa shape index (κ3) is 4.38. The van der Waals surface area contributed by atoms with Gasteiger partial charge in [-0.05, 0) is 73.5 Å². The van der Waals surface area contributed by atoms with Gasteiger partial charge in [0.25, 0.3) is 5.89 Å². The molecule has 0 saturated heterocycles. The van der Waals surface area contributed by atoms with E-state index in [9.17, 15) is 4.79 Å². The first kappa shape index (κ1) is 22.7. The first-order chi connectivity index (χ1) is 16.9. The number of amides is 2. The van der Waals surface area contributed by atoms with Crippen LogP contribution in [0.4, 0.5) is 10.5 Å². The van der Waals surface area contributed by atoms with E-state index in [0.29, 0.717) is 33.8 Å². The molecule has 1 atom stereocenters. The molecule has 4 aromatic rings. The van der Waals surface area contributed by atoms with Crippen molar-refractivity contribution in [2.45, 2.75) is 19.9 Å². The molecule has 0 aliphatic carbocycles. The fraction of sp³-hybridized carbons (Fsp3) is 0.148. The molecule has 1 aliphatic rings. The van der Waals surface area contributed by atoms with E-state index in [4.69, 9.17) is 20.9 Å². The van der Waals surface area contributed by atoms with Crippen LogP contribution in [-0.4, -0.2) is 23.3 Å². The lowest BCUT2D eigenvalue weighted by Crippen LogP contribution is -2.46. The molecule has 0 saturated carbocycles. The molecule has 3 aromatic carbocycles. The van der Waals surface area contributed by atoms with Gasteiger partial charge in [0.1, 0.15) is 5.75 Å². The molecule has 0 bridgehead atoms. The van der Waals surface area contributed by atoms with E-state index >= 15 is 0 Å². The van der Waals surface area contributed by atoms with Crippen LogP contribution in [0.5, 0.6) is 5.75 Å². The summed E-state index contributed by atoms with van der Waals surface area (Å²) in [6, 6.07) is 21.8. The minimum Gasteiger partial charge on any atom is -0.497 e. The van der Waals surface area contributed by atoms with Crippen LogP contribution in [0.25, 0.3) is 17.0 Å². The van der Waals surface area contributed by atoms with Crippen molar-refractivity contribution in [1.82, 2.24) is 15.5 Å². The molecule has 8 heteroatoms. The molecule has 1 aromatic heterocycles. The predicted octanol–water partition coefficient (Wildman–Crippen LogP) is 6.41. The second-order valence-electron chi connectivity index (χ2n) is 8.26. The van der Waals surface area contributed by atoms with Crippen molar-refractivity contribution in [3.63, 3.8) is 0 Å². The van der Waals surface area contributed by atoms with Crippen molar-refractivity contribution in [3.05, 3.63) is 101 Å². The Bertz CT molecular complexity index is 1430. The molecule has 0 fully saturated rings. The van der Waals surface area contributed by atoms with Gasteiger partial charge in [-0.2, -0.15) is 4.98 Å². The van der Waals surface area contributed by atoms with Gasteiger partial charge in [0.15, 0.2) is 0 Å². The molecule has 2 heterocycles. The van der Waals surface area contributed by atoms with Crippen molar-refractivity contribution in [3.8, 4) is 17.1 Å². The number of urea groups is 1. The summed E-state index contributed by atoms with van der Waals surface area (Å²) in [5.74, 6) is 1.43. The number of halogens is 1. The Morgan fingerprint density at radius 1 is 1.03 bits per heavy atom. The topological polar surface area (TPSA) is 80.5 Å². The number of aromatic nitrogens is 2. The molecule has 35 heavy (non-hydrogen) atoms. The van der Waals surface area contributed by atoms with Gasteiger partial charge in [-0.3, -0.25) is 4.90 Å². The molecule has 2 amide bonds. The molecule has 0 spiro atoms. The van der Waals surface area contributed by atoms with Gasteiger partial charge in [-0.15, -0.1) is 0 Å². The highest BCUT2D eigenvalue weighted by Crippen LogP contribution is 2.40. The highest BCUT2D eigenvalue weighted by atomic mass is 35.5. The van der Waals surface area contributed by atoms with Gasteiger partial charge in [0.2, 0.25) is 5.82 Å². The lowest BCUT2D eigenvalue weighted by Gasteiger charge is -2.35. The van der Waals surface area contributed by atoms with Crippen molar-refractivity contribution in [1.29, 1.82) is 0 Å². The highest BCUT2D eigenvalue weighted by molar-refractivity contribution is 6.30. The molecule has 5 rings (SSSR count). The van der Waals surface area contributed by atoms with E-state index in [-0.39, 0.29) is 6.03 Å². The van der Waals surface area contributed by atoms with Crippen LogP contribution in [-0.2, 0) is 0 Å². The number of anilines is 1. The number of carbonyl (C=O) groups is 1. The summed E-state index contributed by atoms with van der Waals surface area (Å²) in [5.41, 5.74) is 4.80. The summed E-state index contributed by atoms with van der Waals surface area (Å²) in [7, 11) is 1.61. The minimum atomic E-state index is -0.517. The van der Waals surface area contributed by atoms with Crippen LogP contribution in [0.1, 0.15) is 30.0 Å². The zero-order valence-corrected chi connectivity index (χ0v) is 20.2. The molecule has 176 valence electrons.